The van der Waals surface area contributed by atoms with Gasteiger partial charge >= 0.3 is 0 Å². The summed E-state index contributed by atoms with van der Waals surface area (Å²) in [4.78, 5) is 0. The molecule has 0 atom stereocenters. The predicted octanol–water partition coefficient (Wildman–Crippen LogP) is 3.01. The largest absolute Gasteiger partial charge is 0.317 e. The van der Waals surface area contributed by atoms with Gasteiger partial charge < -0.3 is 5.32 Å². The minimum atomic E-state index is -2.99. The van der Waals surface area contributed by atoms with Gasteiger partial charge in [0.05, 0.1) is 10.5 Å². The molecule has 0 aromatic carbocycles. The molecular weight excluding hydrogens is 246 g/mol. The summed E-state index contributed by atoms with van der Waals surface area (Å²) in [6, 6.07) is 0. The molecule has 0 heterocycles. The third kappa shape index (κ3) is 6.74. The van der Waals surface area contributed by atoms with Gasteiger partial charge in [0.15, 0.2) is 9.84 Å². The van der Waals surface area contributed by atoms with Crippen LogP contribution in [0, 0.1) is 5.41 Å². The average molecular weight is 277 g/mol. The first kappa shape index (κ1) is 17.9. The van der Waals surface area contributed by atoms with E-state index in [-0.39, 0.29) is 11.2 Å². The SMILES string of the molecule is CCCNCCC(C)(C)CCS(=O)(=O)C(C)(C)C. The van der Waals surface area contributed by atoms with Crippen molar-refractivity contribution >= 4 is 9.84 Å². The Hall–Kier alpha value is -0.0900. The molecule has 0 bridgehead atoms. The van der Waals surface area contributed by atoms with Crippen molar-refractivity contribution in [2.75, 3.05) is 18.8 Å². The normalized spacial score (nSPS) is 13.9. The summed E-state index contributed by atoms with van der Waals surface area (Å²) in [6.07, 6.45) is 2.89. The maximum atomic E-state index is 12.1. The van der Waals surface area contributed by atoms with Crippen LogP contribution in [0.5, 0.6) is 0 Å². The van der Waals surface area contributed by atoms with Crippen molar-refractivity contribution in [3.8, 4) is 0 Å². The number of rotatable bonds is 8. The van der Waals surface area contributed by atoms with E-state index >= 15 is 0 Å². The Morgan fingerprint density at radius 1 is 0.944 bits per heavy atom. The Labute approximate surface area is 114 Å². The lowest BCUT2D eigenvalue weighted by Crippen LogP contribution is -2.33. The quantitative estimate of drug-likeness (QED) is 0.694. The van der Waals surface area contributed by atoms with E-state index < -0.39 is 14.6 Å². The molecule has 0 aromatic heterocycles. The summed E-state index contributed by atoms with van der Waals surface area (Å²) >= 11 is 0. The topological polar surface area (TPSA) is 46.2 Å². The van der Waals surface area contributed by atoms with Crippen LogP contribution in [0.4, 0.5) is 0 Å². The Balaban J connectivity index is 4.19. The minimum absolute atomic E-state index is 0.0824. The zero-order valence-corrected chi connectivity index (χ0v) is 13.8. The van der Waals surface area contributed by atoms with E-state index in [1.54, 1.807) is 20.8 Å². The maximum Gasteiger partial charge on any atom is 0.155 e. The van der Waals surface area contributed by atoms with Crippen molar-refractivity contribution < 1.29 is 8.42 Å². The third-order valence-corrected chi connectivity index (χ3v) is 5.99. The van der Waals surface area contributed by atoms with E-state index in [0.29, 0.717) is 0 Å². The summed E-state index contributed by atoms with van der Waals surface area (Å²) < 4.78 is 23.5. The third-order valence-electron chi connectivity index (χ3n) is 3.39. The first-order chi connectivity index (χ1) is 8.02. The van der Waals surface area contributed by atoms with Crippen molar-refractivity contribution in [3.63, 3.8) is 0 Å². The number of nitrogens with one attached hydrogen (secondary N) is 1. The van der Waals surface area contributed by atoms with Gasteiger partial charge in [0.1, 0.15) is 0 Å². The van der Waals surface area contributed by atoms with E-state index in [0.717, 1.165) is 32.4 Å². The second-order valence-corrected chi connectivity index (χ2v) is 9.71. The second kappa shape index (κ2) is 6.90. The maximum absolute atomic E-state index is 12.1. The zero-order valence-electron chi connectivity index (χ0n) is 13.0. The van der Waals surface area contributed by atoms with Crippen molar-refractivity contribution in [1.82, 2.24) is 5.32 Å². The molecule has 110 valence electrons. The molecule has 1 N–H and O–H groups in total. The molecule has 0 amide bonds. The highest BCUT2D eigenvalue weighted by Crippen LogP contribution is 2.27. The van der Waals surface area contributed by atoms with Gasteiger partial charge in [0.25, 0.3) is 0 Å². The molecule has 0 rings (SSSR count). The molecule has 0 spiro atoms. The van der Waals surface area contributed by atoms with Crippen LogP contribution in [0.1, 0.15) is 60.8 Å². The molecule has 0 aliphatic carbocycles. The molecule has 0 saturated carbocycles. The smallest absolute Gasteiger partial charge is 0.155 e. The summed E-state index contributed by atoms with van der Waals surface area (Å²) in [7, 11) is -2.99. The van der Waals surface area contributed by atoms with Crippen LogP contribution in [0.15, 0.2) is 0 Å². The van der Waals surface area contributed by atoms with Gasteiger partial charge in [0.2, 0.25) is 0 Å². The average Bonchev–Trinajstić information content (AvgIpc) is 2.21. The first-order valence-corrected chi connectivity index (χ1v) is 8.60. The van der Waals surface area contributed by atoms with Crippen LogP contribution in [-0.2, 0) is 9.84 Å². The molecule has 0 radical (unpaired) electrons. The van der Waals surface area contributed by atoms with Crippen LogP contribution in [-0.4, -0.2) is 32.0 Å². The fraction of sp³-hybridized carbons (Fsp3) is 1.00. The number of sulfone groups is 1. The summed E-state index contributed by atoms with van der Waals surface area (Å²) in [5, 5.41) is 3.37. The van der Waals surface area contributed by atoms with Gasteiger partial charge in [-0.2, -0.15) is 0 Å². The van der Waals surface area contributed by atoms with Crippen molar-refractivity contribution in [2.24, 2.45) is 5.41 Å². The van der Waals surface area contributed by atoms with E-state index in [4.69, 9.17) is 0 Å². The lowest BCUT2D eigenvalue weighted by atomic mass is 9.86. The second-order valence-electron chi connectivity index (χ2n) is 6.85. The van der Waals surface area contributed by atoms with Crippen molar-refractivity contribution in [2.45, 2.75) is 65.6 Å². The van der Waals surface area contributed by atoms with Gasteiger partial charge in [-0.15, -0.1) is 0 Å². The molecule has 3 nitrogen and oxygen atoms in total. The summed E-state index contributed by atoms with van der Waals surface area (Å²) in [6.45, 7) is 13.8. The van der Waals surface area contributed by atoms with Crippen molar-refractivity contribution in [3.05, 3.63) is 0 Å². The molecule has 18 heavy (non-hydrogen) atoms. The van der Waals surface area contributed by atoms with E-state index in [1.165, 1.54) is 0 Å². The van der Waals surface area contributed by atoms with Gasteiger partial charge in [-0.1, -0.05) is 20.8 Å². The highest BCUT2D eigenvalue weighted by atomic mass is 32.2. The predicted molar refractivity (Wildman–Crippen MR) is 79.7 cm³/mol. The minimum Gasteiger partial charge on any atom is -0.317 e. The lowest BCUT2D eigenvalue weighted by molar-refractivity contribution is 0.316. The molecule has 0 aliphatic rings. The Morgan fingerprint density at radius 2 is 1.50 bits per heavy atom. The van der Waals surface area contributed by atoms with Crippen molar-refractivity contribution in [1.29, 1.82) is 0 Å². The van der Waals surface area contributed by atoms with Crippen LogP contribution in [0.2, 0.25) is 0 Å². The first-order valence-electron chi connectivity index (χ1n) is 6.95. The van der Waals surface area contributed by atoms with Crippen LogP contribution < -0.4 is 5.32 Å². The standard InChI is InChI=1S/C14H31NO2S/c1-7-10-15-11-8-14(5,6)9-12-18(16,17)13(2,3)4/h15H,7-12H2,1-6H3. The number of hydrogen-bond acceptors (Lipinski definition) is 3. The molecular formula is C14H31NO2S. The van der Waals surface area contributed by atoms with Crippen LogP contribution >= 0.6 is 0 Å². The summed E-state index contributed by atoms with van der Waals surface area (Å²) in [5.74, 6) is 0.289. The lowest BCUT2D eigenvalue weighted by Gasteiger charge is -2.27. The zero-order chi connectivity index (χ0) is 14.4. The van der Waals surface area contributed by atoms with Gasteiger partial charge in [-0.25, -0.2) is 8.42 Å². The molecule has 0 aromatic rings. The summed E-state index contributed by atoms with van der Waals surface area (Å²) in [5.41, 5.74) is 0.0824. The van der Waals surface area contributed by atoms with Crippen LogP contribution in [0.25, 0.3) is 0 Å². The highest BCUT2D eigenvalue weighted by Gasteiger charge is 2.30. The highest BCUT2D eigenvalue weighted by molar-refractivity contribution is 7.92. The Kier molecular flexibility index (Phi) is 6.86. The molecule has 0 aliphatic heterocycles. The van der Waals surface area contributed by atoms with E-state index in [9.17, 15) is 8.42 Å². The molecule has 0 saturated heterocycles. The monoisotopic (exact) mass is 277 g/mol. The van der Waals surface area contributed by atoms with E-state index in [2.05, 4.69) is 26.1 Å². The van der Waals surface area contributed by atoms with Crippen LogP contribution in [0.3, 0.4) is 0 Å². The van der Waals surface area contributed by atoms with Gasteiger partial charge in [-0.3, -0.25) is 0 Å². The molecule has 0 unspecified atom stereocenters. The Morgan fingerprint density at radius 3 is 1.94 bits per heavy atom. The molecule has 4 heteroatoms. The van der Waals surface area contributed by atoms with E-state index in [1.807, 2.05) is 0 Å². The van der Waals surface area contributed by atoms with Gasteiger partial charge in [0, 0.05) is 0 Å². The molecule has 0 fully saturated rings. The Bertz CT molecular complexity index is 326. The fourth-order valence-corrected chi connectivity index (χ4v) is 3.00. The van der Waals surface area contributed by atoms with Gasteiger partial charge in [-0.05, 0) is 58.5 Å². The number of hydrogen-bond donors (Lipinski definition) is 1. The fourth-order valence-electron chi connectivity index (χ4n) is 1.57.